The Morgan fingerprint density at radius 1 is 0.761 bits per heavy atom. The standard InChI is InChI=1S/C24H28ClN3OS.2C4H4O4/c1-26-24(29)10-12-28-15-13-27(14-16-28)11-4-6-19-20-5-2-3-7-22(20)30-23-9-8-18(25)17-21(19)23;2*5-3(6)1-2-4(7)8/h2-3,5-9,17H,4,10-16H2,1H3,(H,26,29);2*1-2H,(H,5,6)(H,7,8)/b19-6-;2*2-1-. The summed E-state index contributed by atoms with van der Waals surface area (Å²) in [5.74, 6) is -4.91. The predicted octanol–water partition coefficient (Wildman–Crippen LogP) is 3.80. The summed E-state index contributed by atoms with van der Waals surface area (Å²) < 4.78 is 0. The van der Waals surface area contributed by atoms with Gasteiger partial charge >= 0.3 is 23.9 Å². The van der Waals surface area contributed by atoms with Gasteiger partial charge in [-0.25, -0.2) is 19.2 Å². The van der Waals surface area contributed by atoms with Gasteiger partial charge in [-0.2, -0.15) is 0 Å². The Bertz CT molecular complexity index is 1420. The SMILES string of the molecule is CNC(=O)CCN1CCN(CC/C=C2/c3ccccc3Sc3ccc(Cl)cc32)CC1.O=C(O)/C=C\C(=O)O.O=C(O)/C=C\C(=O)O. The number of benzene rings is 2. The zero-order chi connectivity index (χ0) is 34.1. The van der Waals surface area contributed by atoms with Crippen LogP contribution in [0.15, 0.2) is 82.6 Å². The van der Waals surface area contributed by atoms with E-state index in [9.17, 15) is 24.0 Å². The lowest BCUT2D eigenvalue weighted by Gasteiger charge is -2.34. The number of fused-ring (bicyclic) bond motifs is 2. The van der Waals surface area contributed by atoms with E-state index in [1.807, 2.05) is 17.8 Å². The topological polar surface area (TPSA) is 185 Å². The molecule has 1 amide bonds. The fraction of sp³-hybridized carbons (Fsp3) is 0.281. The summed E-state index contributed by atoms with van der Waals surface area (Å²) in [5, 5.41) is 34.7. The molecule has 0 bridgehead atoms. The first-order valence-electron chi connectivity index (χ1n) is 14.1. The molecule has 2 heterocycles. The normalized spacial score (nSPS) is 15.1. The van der Waals surface area contributed by atoms with Crippen LogP contribution >= 0.6 is 23.4 Å². The summed E-state index contributed by atoms with van der Waals surface area (Å²) in [7, 11) is 1.70. The van der Waals surface area contributed by atoms with Gasteiger partial charge < -0.3 is 35.5 Å². The molecule has 0 aromatic heterocycles. The van der Waals surface area contributed by atoms with Gasteiger partial charge in [0, 0.05) is 91.9 Å². The molecule has 0 aliphatic carbocycles. The second-order valence-corrected chi connectivity index (χ2v) is 11.3. The molecule has 12 nitrogen and oxygen atoms in total. The zero-order valence-electron chi connectivity index (χ0n) is 25.1. The van der Waals surface area contributed by atoms with Gasteiger partial charge in [-0.3, -0.25) is 4.79 Å². The second kappa shape index (κ2) is 19.9. The third-order valence-electron chi connectivity index (χ3n) is 6.56. The zero-order valence-corrected chi connectivity index (χ0v) is 26.7. The fourth-order valence-corrected chi connectivity index (χ4v) is 5.62. The molecule has 46 heavy (non-hydrogen) atoms. The quantitative estimate of drug-likeness (QED) is 0.196. The van der Waals surface area contributed by atoms with Crippen LogP contribution in [0.5, 0.6) is 0 Å². The van der Waals surface area contributed by atoms with Crippen molar-refractivity contribution in [1.29, 1.82) is 0 Å². The van der Waals surface area contributed by atoms with Crippen molar-refractivity contribution < 1.29 is 44.4 Å². The van der Waals surface area contributed by atoms with Gasteiger partial charge in [-0.05, 0) is 47.4 Å². The maximum absolute atomic E-state index is 11.4. The molecular formula is C32H36ClN3O9S. The maximum Gasteiger partial charge on any atom is 0.328 e. The van der Waals surface area contributed by atoms with Crippen LogP contribution in [-0.4, -0.2) is 106 Å². The Kier molecular flexibility index (Phi) is 16.3. The number of carboxylic acid groups (broad SMARTS) is 4. The Morgan fingerprint density at radius 3 is 1.78 bits per heavy atom. The van der Waals surface area contributed by atoms with Gasteiger partial charge in [0.15, 0.2) is 0 Å². The van der Waals surface area contributed by atoms with Gasteiger partial charge in [0.05, 0.1) is 0 Å². The number of piperazine rings is 1. The minimum Gasteiger partial charge on any atom is -0.478 e. The van der Waals surface area contributed by atoms with Crippen molar-refractivity contribution in [2.75, 3.05) is 46.3 Å². The van der Waals surface area contributed by atoms with E-state index < -0.39 is 23.9 Å². The lowest BCUT2D eigenvalue weighted by atomic mass is 9.96. The minimum atomic E-state index is -1.26. The van der Waals surface area contributed by atoms with Gasteiger partial charge in [0.1, 0.15) is 0 Å². The molecule has 2 aromatic rings. The van der Waals surface area contributed by atoms with Crippen LogP contribution in [0, 0.1) is 0 Å². The number of halogens is 1. The lowest BCUT2D eigenvalue weighted by Crippen LogP contribution is -2.47. The summed E-state index contributed by atoms with van der Waals surface area (Å²) in [6, 6.07) is 14.8. The first-order chi connectivity index (χ1) is 21.9. The molecule has 2 aliphatic rings. The Morgan fingerprint density at radius 2 is 1.26 bits per heavy atom. The lowest BCUT2D eigenvalue weighted by molar-refractivity contribution is -0.134. The molecule has 5 N–H and O–H groups in total. The van der Waals surface area contributed by atoms with Crippen molar-refractivity contribution in [2.45, 2.75) is 22.6 Å². The first-order valence-corrected chi connectivity index (χ1v) is 15.3. The average molecular weight is 674 g/mol. The highest BCUT2D eigenvalue weighted by Gasteiger charge is 2.21. The summed E-state index contributed by atoms with van der Waals surface area (Å²) in [6.07, 6.45) is 6.21. The Hall–Kier alpha value is -4.43. The molecule has 0 saturated carbocycles. The van der Waals surface area contributed by atoms with E-state index in [1.54, 1.807) is 7.05 Å². The second-order valence-electron chi connectivity index (χ2n) is 9.77. The summed E-state index contributed by atoms with van der Waals surface area (Å²) in [6.45, 7) is 6.09. The third kappa shape index (κ3) is 14.1. The van der Waals surface area contributed by atoms with Crippen LogP contribution in [-0.2, 0) is 24.0 Å². The molecule has 1 fully saturated rings. The maximum atomic E-state index is 11.4. The number of aliphatic carboxylic acids is 4. The van der Waals surface area contributed by atoms with E-state index in [0.29, 0.717) is 30.7 Å². The van der Waals surface area contributed by atoms with Crippen LogP contribution in [0.25, 0.3) is 5.57 Å². The van der Waals surface area contributed by atoms with Gasteiger partial charge in [0.2, 0.25) is 5.91 Å². The van der Waals surface area contributed by atoms with Crippen LogP contribution in [0.3, 0.4) is 0 Å². The molecule has 14 heteroatoms. The van der Waals surface area contributed by atoms with Crippen molar-refractivity contribution >= 4 is 58.7 Å². The largest absolute Gasteiger partial charge is 0.478 e. The van der Waals surface area contributed by atoms with Crippen molar-refractivity contribution in [2.24, 2.45) is 0 Å². The molecule has 0 spiro atoms. The Balaban J connectivity index is 0.000000381. The Labute approximate surface area is 275 Å². The number of nitrogens with one attached hydrogen (secondary N) is 1. The van der Waals surface area contributed by atoms with Crippen molar-refractivity contribution in [3.63, 3.8) is 0 Å². The van der Waals surface area contributed by atoms with Crippen molar-refractivity contribution in [3.05, 3.63) is 89.0 Å². The molecule has 0 unspecified atom stereocenters. The molecule has 0 radical (unpaired) electrons. The van der Waals surface area contributed by atoms with E-state index in [1.165, 1.54) is 26.5 Å². The molecular weight excluding hydrogens is 638 g/mol. The highest BCUT2D eigenvalue weighted by Crippen LogP contribution is 2.46. The molecule has 1 saturated heterocycles. The predicted molar refractivity (Wildman–Crippen MR) is 174 cm³/mol. The van der Waals surface area contributed by atoms with Crippen LogP contribution in [0.4, 0.5) is 0 Å². The van der Waals surface area contributed by atoms with Crippen LogP contribution < -0.4 is 5.32 Å². The number of rotatable bonds is 10. The number of hydrogen-bond donors (Lipinski definition) is 5. The number of nitrogens with zero attached hydrogens (tertiary/aromatic N) is 2. The van der Waals surface area contributed by atoms with E-state index in [0.717, 1.165) is 50.7 Å². The highest BCUT2D eigenvalue weighted by molar-refractivity contribution is 7.99. The smallest absolute Gasteiger partial charge is 0.328 e. The average Bonchev–Trinajstić information content (AvgIpc) is 3.02. The van der Waals surface area contributed by atoms with Crippen molar-refractivity contribution in [1.82, 2.24) is 15.1 Å². The van der Waals surface area contributed by atoms with Gasteiger partial charge in [-0.1, -0.05) is 47.6 Å². The summed E-state index contributed by atoms with van der Waals surface area (Å²) in [5.41, 5.74) is 3.84. The van der Waals surface area contributed by atoms with E-state index in [4.69, 9.17) is 32.0 Å². The van der Waals surface area contributed by atoms with E-state index in [2.05, 4.69) is 57.6 Å². The van der Waals surface area contributed by atoms with Crippen LogP contribution in [0.1, 0.15) is 24.0 Å². The first kappa shape index (κ1) is 37.8. The number of amides is 1. The summed E-state index contributed by atoms with van der Waals surface area (Å²) >= 11 is 8.14. The molecule has 4 rings (SSSR count). The molecule has 0 atom stereocenters. The molecule has 2 aromatic carbocycles. The van der Waals surface area contributed by atoms with E-state index >= 15 is 0 Å². The van der Waals surface area contributed by atoms with Gasteiger partial charge in [0.25, 0.3) is 0 Å². The number of carbonyl (C=O) groups excluding carboxylic acids is 1. The summed E-state index contributed by atoms with van der Waals surface area (Å²) in [4.78, 5) is 57.1. The highest BCUT2D eigenvalue weighted by atomic mass is 35.5. The number of carbonyl (C=O) groups is 5. The minimum absolute atomic E-state index is 0.121. The number of carboxylic acids is 4. The third-order valence-corrected chi connectivity index (χ3v) is 7.95. The monoisotopic (exact) mass is 673 g/mol. The number of hydrogen-bond acceptors (Lipinski definition) is 8. The van der Waals surface area contributed by atoms with Crippen molar-refractivity contribution in [3.8, 4) is 0 Å². The van der Waals surface area contributed by atoms with E-state index in [-0.39, 0.29) is 5.91 Å². The fourth-order valence-electron chi connectivity index (χ4n) is 4.36. The molecule has 2 aliphatic heterocycles. The molecule has 246 valence electrons. The van der Waals surface area contributed by atoms with Crippen LogP contribution in [0.2, 0.25) is 5.02 Å². The van der Waals surface area contributed by atoms with Gasteiger partial charge in [-0.15, -0.1) is 0 Å².